The summed E-state index contributed by atoms with van der Waals surface area (Å²) < 4.78 is 31.2. The normalized spacial score (nSPS) is 9.85. The van der Waals surface area contributed by atoms with Crippen LogP contribution in [-0.4, -0.2) is 13.0 Å². The van der Waals surface area contributed by atoms with Crippen molar-refractivity contribution < 1.29 is 13.0 Å². The average molecular weight is 265 g/mol. The molecule has 0 spiro atoms. The van der Waals surface area contributed by atoms with Crippen molar-refractivity contribution >= 4 is 32.8 Å². The monoisotopic (exact) mass is 264 g/mol. The molecule has 13 heavy (non-hydrogen) atoms. The molecule has 0 aromatic heterocycles. The Morgan fingerprint density at radius 2 is 1.69 bits per heavy atom. The number of hydrogen-bond acceptors (Lipinski definition) is 4. The maximum absolute atomic E-state index is 10.4. The molecule has 0 heterocycles. The first kappa shape index (κ1) is 12.0. The Morgan fingerprint density at radius 1 is 1.23 bits per heavy atom. The molecule has 1 rings (SSSR count). The third-order valence-corrected chi connectivity index (χ3v) is 2.09. The van der Waals surface area contributed by atoms with Gasteiger partial charge in [-0.05, 0) is 12.1 Å². The van der Waals surface area contributed by atoms with Gasteiger partial charge in [-0.2, -0.15) is 0 Å². The van der Waals surface area contributed by atoms with Gasteiger partial charge in [0.1, 0.15) is 10.1 Å². The fourth-order valence-corrected chi connectivity index (χ4v) is 1.15. The van der Waals surface area contributed by atoms with Crippen LogP contribution in [0.3, 0.4) is 0 Å². The summed E-state index contributed by atoms with van der Waals surface area (Å²) in [5.41, 5.74) is 0.197. The van der Waals surface area contributed by atoms with Gasteiger partial charge in [0.25, 0.3) is 0 Å². The molecule has 0 bridgehead atoms. The summed E-state index contributed by atoms with van der Waals surface area (Å²) in [5, 5.41) is 8.23. The van der Waals surface area contributed by atoms with E-state index in [2.05, 4.69) is 4.98 Å². The minimum Gasteiger partial charge on any atom is -0.744 e. The van der Waals surface area contributed by atoms with E-state index in [1.54, 1.807) is 0 Å². The lowest BCUT2D eigenvalue weighted by molar-refractivity contribution is 0.463. The Bertz CT molecular complexity index is 420. The number of diazo groups is 1. The molecule has 7 heteroatoms. The van der Waals surface area contributed by atoms with Crippen LogP contribution in [-0.2, 0) is 10.1 Å². The summed E-state index contributed by atoms with van der Waals surface area (Å²) >= 11 is 0. The SMILES string of the molecule is Br.N#[N+]c1ccc(S(=O)(=O)[O-])cc1. The standard InChI is InChI=1S/C6H4N2O3S.BrH/c7-8-5-1-3-6(4-2-5)12(9,10)11;/h1-4H;1H. The Hall–Kier alpha value is -0.970. The van der Waals surface area contributed by atoms with Crippen molar-refractivity contribution in [1.29, 1.82) is 5.39 Å². The molecule has 0 radical (unpaired) electrons. The van der Waals surface area contributed by atoms with Crippen LogP contribution in [0.15, 0.2) is 29.2 Å². The number of hydrogen-bond donors (Lipinski definition) is 0. The second-order valence-electron chi connectivity index (χ2n) is 2.05. The maximum Gasteiger partial charge on any atom is 0.385 e. The lowest BCUT2D eigenvalue weighted by atomic mass is 10.3. The summed E-state index contributed by atoms with van der Waals surface area (Å²) in [6, 6.07) is 4.62. The molecule has 0 aliphatic heterocycles. The van der Waals surface area contributed by atoms with Gasteiger partial charge in [-0.25, -0.2) is 8.42 Å². The summed E-state index contributed by atoms with van der Waals surface area (Å²) in [6.45, 7) is 0. The first-order valence-electron chi connectivity index (χ1n) is 2.95. The molecule has 0 saturated heterocycles. The maximum atomic E-state index is 10.4. The Kier molecular flexibility index (Phi) is 4.00. The lowest BCUT2D eigenvalue weighted by Crippen LogP contribution is -1.96. The van der Waals surface area contributed by atoms with Crippen molar-refractivity contribution in [1.82, 2.24) is 0 Å². The van der Waals surface area contributed by atoms with Crippen molar-refractivity contribution in [3.8, 4) is 0 Å². The van der Waals surface area contributed by atoms with E-state index in [-0.39, 0.29) is 27.6 Å². The van der Waals surface area contributed by atoms with Crippen molar-refractivity contribution in [2.75, 3.05) is 0 Å². The Balaban J connectivity index is 0.00000144. The highest BCUT2D eigenvalue weighted by molar-refractivity contribution is 8.93. The van der Waals surface area contributed by atoms with Gasteiger partial charge in [-0.1, -0.05) is 0 Å². The van der Waals surface area contributed by atoms with Crippen LogP contribution in [0.2, 0.25) is 0 Å². The van der Waals surface area contributed by atoms with Crippen molar-refractivity contribution in [3.05, 3.63) is 29.2 Å². The van der Waals surface area contributed by atoms with Crippen LogP contribution in [0.1, 0.15) is 0 Å². The van der Waals surface area contributed by atoms with Crippen LogP contribution < -0.4 is 0 Å². The van der Waals surface area contributed by atoms with Gasteiger partial charge in [-0.15, -0.1) is 17.0 Å². The Morgan fingerprint density at radius 3 is 2.00 bits per heavy atom. The zero-order valence-electron chi connectivity index (χ0n) is 6.25. The molecule has 0 saturated carbocycles. The van der Waals surface area contributed by atoms with E-state index in [9.17, 15) is 13.0 Å². The van der Waals surface area contributed by atoms with Gasteiger partial charge in [0.2, 0.25) is 5.39 Å². The highest BCUT2D eigenvalue weighted by atomic mass is 79.9. The van der Waals surface area contributed by atoms with Crippen LogP contribution in [0.5, 0.6) is 0 Å². The van der Waals surface area contributed by atoms with Crippen molar-refractivity contribution in [2.24, 2.45) is 0 Å². The van der Waals surface area contributed by atoms with Crippen LogP contribution >= 0.6 is 17.0 Å². The van der Waals surface area contributed by atoms with E-state index in [4.69, 9.17) is 5.39 Å². The fraction of sp³-hybridized carbons (Fsp3) is 0. The molecule has 0 aliphatic rings. The van der Waals surface area contributed by atoms with Gasteiger partial charge < -0.3 is 4.55 Å². The summed E-state index contributed by atoms with van der Waals surface area (Å²) in [7, 11) is -4.40. The predicted molar refractivity (Wildman–Crippen MR) is 49.5 cm³/mol. The molecular weight excluding hydrogens is 260 g/mol. The van der Waals surface area contributed by atoms with Gasteiger partial charge in [-0.3, -0.25) is 0 Å². The third kappa shape index (κ3) is 3.10. The number of benzene rings is 1. The predicted octanol–water partition coefficient (Wildman–Crippen LogP) is 1.65. The van der Waals surface area contributed by atoms with Gasteiger partial charge in [0, 0.05) is 12.1 Å². The quantitative estimate of drug-likeness (QED) is 0.570. The van der Waals surface area contributed by atoms with E-state index < -0.39 is 10.1 Å². The minimum absolute atomic E-state index is 0. The zero-order valence-corrected chi connectivity index (χ0v) is 8.77. The molecule has 1 aromatic carbocycles. The number of halogens is 1. The van der Waals surface area contributed by atoms with E-state index in [1.807, 2.05) is 0 Å². The highest BCUT2D eigenvalue weighted by Gasteiger charge is 2.05. The Labute approximate surface area is 85.5 Å². The van der Waals surface area contributed by atoms with E-state index in [1.165, 1.54) is 12.1 Å². The number of rotatable bonds is 1. The third-order valence-electron chi connectivity index (χ3n) is 1.24. The molecule has 0 N–H and O–H groups in total. The van der Waals surface area contributed by atoms with Crippen LogP contribution in [0, 0.1) is 5.39 Å². The molecule has 0 aliphatic carbocycles. The molecule has 0 unspecified atom stereocenters. The molecule has 0 atom stereocenters. The summed E-state index contributed by atoms with van der Waals surface area (Å²) in [6.07, 6.45) is 0. The molecule has 1 aromatic rings. The lowest BCUT2D eigenvalue weighted by Gasteiger charge is -2.03. The molecule has 5 nitrogen and oxygen atoms in total. The van der Waals surface area contributed by atoms with Gasteiger partial charge >= 0.3 is 5.69 Å². The molecular formula is C6H5BrN2O3S. The van der Waals surface area contributed by atoms with Crippen molar-refractivity contribution in [2.45, 2.75) is 4.90 Å². The van der Waals surface area contributed by atoms with Crippen LogP contribution in [0.25, 0.3) is 4.98 Å². The molecule has 0 fully saturated rings. The van der Waals surface area contributed by atoms with E-state index in [0.717, 1.165) is 12.1 Å². The summed E-state index contributed by atoms with van der Waals surface area (Å²) in [4.78, 5) is 2.46. The van der Waals surface area contributed by atoms with Gasteiger partial charge in [0.15, 0.2) is 4.98 Å². The zero-order chi connectivity index (χ0) is 9.19. The topological polar surface area (TPSA) is 85.3 Å². The number of nitrogens with zero attached hydrogens (tertiary/aromatic N) is 2. The van der Waals surface area contributed by atoms with Crippen molar-refractivity contribution in [3.63, 3.8) is 0 Å². The minimum atomic E-state index is -4.40. The highest BCUT2D eigenvalue weighted by Crippen LogP contribution is 2.15. The molecule has 70 valence electrons. The fourth-order valence-electron chi connectivity index (χ4n) is 0.679. The second kappa shape index (κ2) is 4.32. The van der Waals surface area contributed by atoms with Gasteiger partial charge in [0.05, 0.1) is 4.90 Å². The van der Waals surface area contributed by atoms with Crippen LogP contribution in [0.4, 0.5) is 5.69 Å². The second-order valence-corrected chi connectivity index (χ2v) is 3.43. The smallest absolute Gasteiger partial charge is 0.385 e. The average Bonchev–Trinajstić information content (AvgIpc) is 2.03. The van der Waals surface area contributed by atoms with E-state index in [0.29, 0.717) is 0 Å². The summed E-state index contributed by atoms with van der Waals surface area (Å²) in [5.74, 6) is 0. The molecule has 0 amide bonds. The first-order chi connectivity index (χ1) is 5.54. The largest absolute Gasteiger partial charge is 0.744 e. The van der Waals surface area contributed by atoms with E-state index >= 15 is 0 Å². The first-order valence-corrected chi connectivity index (χ1v) is 4.36.